The number of hydrogen-bond donors (Lipinski definition) is 1. The molecule has 0 amide bonds. The fraction of sp³-hybridized carbons (Fsp3) is 0.638. The van der Waals surface area contributed by atoms with Crippen LogP contribution >= 0.6 is 0 Å². The van der Waals surface area contributed by atoms with Crippen LogP contribution in [0, 0.1) is 36.0 Å². The van der Waals surface area contributed by atoms with Crippen LogP contribution in [0.2, 0.25) is 0 Å². The molecule has 4 unspecified atom stereocenters. The van der Waals surface area contributed by atoms with Crippen LogP contribution in [0.4, 0.5) is 0 Å². The van der Waals surface area contributed by atoms with Gasteiger partial charge in [0.2, 0.25) is 5.60 Å². The highest BCUT2D eigenvalue weighted by molar-refractivity contribution is 5.92. The molecule has 6 heterocycles. The first-order chi connectivity index (χ1) is 28.4. The lowest BCUT2D eigenvalue weighted by Gasteiger charge is -2.61. The molecule has 2 bridgehead atoms. The number of nitrogens with one attached hydrogen (secondary N) is 1. The highest BCUT2D eigenvalue weighted by Gasteiger charge is 2.79. The third-order valence-corrected chi connectivity index (χ3v) is 16.0. The van der Waals surface area contributed by atoms with Crippen LogP contribution in [0.25, 0.3) is 10.9 Å². The summed E-state index contributed by atoms with van der Waals surface area (Å²) in [6.07, 6.45) is 9.53. The van der Waals surface area contributed by atoms with Crippen molar-refractivity contribution in [3.63, 3.8) is 0 Å². The predicted octanol–water partition coefficient (Wildman–Crippen LogP) is 5.44. The molecule has 318 valence electrons. The van der Waals surface area contributed by atoms with Crippen molar-refractivity contribution in [2.45, 2.75) is 102 Å². The van der Waals surface area contributed by atoms with E-state index in [1.54, 1.807) is 14.2 Å². The van der Waals surface area contributed by atoms with Gasteiger partial charge in [-0.2, -0.15) is 0 Å². The molecule has 2 aliphatic carbocycles. The predicted molar refractivity (Wildman–Crippen MR) is 222 cm³/mol. The molecular formula is C47H62N4O8. The van der Waals surface area contributed by atoms with Gasteiger partial charge in [-0.15, -0.1) is 0 Å². The van der Waals surface area contributed by atoms with E-state index >= 15 is 4.79 Å². The molecule has 12 atom stereocenters. The van der Waals surface area contributed by atoms with E-state index in [9.17, 15) is 9.59 Å². The quantitative estimate of drug-likeness (QED) is 0.209. The molecule has 1 N–H and O–H groups in total. The largest absolute Gasteiger partial charge is 0.468 e. The molecular weight excluding hydrogens is 749 g/mol. The molecule has 3 saturated heterocycles. The van der Waals surface area contributed by atoms with E-state index in [-0.39, 0.29) is 29.8 Å². The highest BCUT2D eigenvalue weighted by Crippen LogP contribution is 2.69. The van der Waals surface area contributed by atoms with Crippen molar-refractivity contribution < 1.29 is 38.1 Å². The standard InChI is InChI=1S/C47H62N4O8/c1-10-28-19-29-22-46(43(53)56-7,39-32(25-50(23-28)24-29)31-18-26(3)12-13-35(31)48-39)34-20-33-36(21-37(34)55-6)49(5)42-45(33)15-17-51-16-14-30(11-2)38(40(45)51)41(59-27(4)52)47(42,58-9)44(54)57-8/h12-13,18-21,29-30,34,37-38,40-42,48H,10-11,14-17,22-25H2,1-9H3/t29-,30+,34?,37?,38?,40+,41-,42-,45-,46+,47-/m1/s1. The van der Waals surface area contributed by atoms with Crippen molar-refractivity contribution in [1.29, 1.82) is 0 Å². The number of fused-ring (bicyclic) bond motifs is 6. The number of carbonyl (C=O) groups excluding carboxylic acids is 3. The van der Waals surface area contributed by atoms with Crippen molar-refractivity contribution in [3.8, 4) is 0 Å². The summed E-state index contributed by atoms with van der Waals surface area (Å²) in [5.74, 6) is -1.74. The first kappa shape index (κ1) is 40.4. The summed E-state index contributed by atoms with van der Waals surface area (Å²) in [7, 11) is 8.21. The maximum absolute atomic E-state index is 15.3. The van der Waals surface area contributed by atoms with Gasteiger partial charge in [0.15, 0.2) is 0 Å². The molecule has 0 radical (unpaired) electrons. The zero-order valence-corrected chi connectivity index (χ0v) is 36.3. The first-order valence-corrected chi connectivity index (χ1v) is 21.7. The lowest BCUT2D eigenvalue weighted by atomic mass is 9.50. The second-order valence-corrected chi connectivity index (χ2v) is 18.5. The number of allylic oxidation sites excluding steroid dienone is 1. The van der Waals surface area contributed by atoms with E-state index in [0.717, 1.165) is 90.9 Å². The van der Waals surface area contributed by atoms with Crippen LogP contribution in [0.1, 0.15) is 69.7 Å². The molecule has 1 aromatic carbocycles. The fourth-order valence-corrected chi connectivity index (χ4v) is 13.9. The van der Waals surface area contributed by atoms with Crippen molar-refractivity contribution in [2.24, 2.45) is 29.1 Å². The summed E-state index contributed by atoms with van der Waals surface area (Å²) in [5, 5.41) is 1.13. The summed E-state index contributed by atoms with van der Waals surface area (Å²) in [4.78, 5) is 54.3. The van der Waals surface area contributed by atoms with Crippen LogP contribution < -0.4 is 0 Å². The number of likely N-dealkylation sites (N-methyl/N-ethyl adjacent to an activating group) is 1. The molecule has 7 aliphatic rings. The lowest BCUT2D eigenvalue weighted by Crippen LogP contribution is -2.78. The van der Waals surface area contributed by atoms with Gasteiger partial charge in [-0.1, -0.05) is 49.6 Å². The number of nitrogens with zero attached hydrogens (tertiary/aromatic N) is 3. The van der Waals surface area contributed by atoms with E-state index < -0.39 is 52.5 Å². The van der Waals surface area contributed by atoms with E-state index in [4.69, 9.17) is 23.7 Å². The van der Waals surface area contributed by atoms with Crippen molar-refractivity contribution in [2.75, 3.05) is 61.7 Å². The number of hydrogen-bond acceptors (Lipinski definition) is 11. The number of aryl methyl sites for hydroxylation is 1. The number of methoxy groups -OCH3 is 4. The number of aromatic amines is 1. The van der Waals surface area contributed by atoms with Gasteiger partial charge < -0.3 is 33.6 Å². The summed E-state index contributed by atoms with van der Waals surface area (Å²) in [5.41, 5.74) is 4.13. The van der Waals surface area contributed by atoms with Crippen molar-refractivity contribution >= 4 is 28.8 Å². The van der Waals surface area contributed by atoms with Gasteiger partial charge in [-0.05, 0) is 86.9 Å². The third kappa shape index (κ3) is 5.44. The van der Waals surface area contributed by atoms with E-state index in [0.29, 0.717) is 13.0 Å². The second-order valence-electron chi connectivity index (χ2n) is 18.5. The number of H-pyrrole nitrogens is 1. The summed E-state index contributed by atoms with van der Waals surface area (Å²) in [6.45, 7) is 12.1. The van der Waals surface area contributed by atoms with Gasteiger partial charge in [-0.3, -0.25) is 19.4 Å². The van der Waals surface area contributed by atoms with Gasteiger partial charge in [0.05, 0.1) is 26.4 Å². The molecule has 5 aliphatic heterocycles. The van der Waals surface area contributed by atoms with Crippen LogP contribution in [0.5, 0.6) is 0 Å². The minimum absolute atomic E-state index is 0.0669. The monoisotopic (exact) mass is 810 g/mol. The number of benzene rings is 1. The molecule has 9 rings (SSSR count). The normalized spacial score (nSPS) is 38.4. The maximum Gasteiger partial charge on any atom is 0.344 e. The van der Waals surface area contributed by atoms with Crippen molar-refractivity contribution in [3.05, 3.63) is 70.1 Å². The Morgan fingerprint density at radius 3 is 2.44 bits per heavy atom. The molecule has 2 aromatic rings. The average molecular weight is 811 g/mol. The Labute approximate surface area is 348 Å². The Morgan fingerprint density at radius 2 is 1.76 bits per heavy atom. The van der Waals surface area contributed by atoms with Crippen LogP contribution in [-0.4, -0.2) is 129 Å². The Bertz CT molecular complexity index is 2160. The molecule has 59 heavy (non-hydrogen) atoms. The summed E-state index contributed by atoms with van der Waals surface area (Å²) in [6, 6.07) is 5.84. The minimum atomic E-state index is -1.65. The minimum Gasteiger partial charge on any atom is -0.468 e. The van der Waals surface area contributed by atoms with Gasteiger partial charge in [0, 0.05) is 93.4 Å². The number of carbonyl (C=O) groups is 3. The smallest absolute Gasteiger partial charge is 0.344 e. The number of rotatable bonds is 8. The van der Waals surface area contributed by atoms with Crippen LogP contribution in [0.15, 0.2) is 53.3 Å². The van der Waals surface area contributed by atoms with Crippen LogP contribution in [0.3, 0.4) is 0 Å². The number of likely N-dealkylation sites (tertiary alicyclic amines) is 1. The molecule has 4 fully saturated rings. The number of aromatic nitrogens is 1. The Balaban J connectivity index is 1.33. The molecule has 12 heteroatoms. The second kappa shape index (κ2) is 14.6. The van der Waals surface area contributed by atoms with Gasteiger partial charge >= 0.3 is 17.9 Å². The molecule has 12 nitrogen and oxygen atoms in total. The van der Waals surface area contributed by atoms with E-state index in [1.807, 2.05) is 7.05 Å². The number of esters is 3. The summed E-state index contributed by atoms with van der Waals surface area (Å²) >= 11 is 0. The topological polar surface area (TPSA) is 123 Å². The Morgan fingerprint density at radius 1 is 0.983 bits per heavy atom. The zero-order chi connectivity index (χ0) is 41.8. The molecule has 1 spiro atoms. The fourth-order valence-electron chi connectivity index (χ4n) is 13.9. The number of piperidine rings is 1. The van der Waals surface area contributed by atoms with Crippen LogP contribution in [-0.2, 0) is 50.0 Å². The van der Waals surface area contributed by atoms with Gasteiger partial charge in [0.1, 0.15) is 11.5 Å². The highest BCUT2D eigenvalue weighted by atomic mass is 16.6. The Hall–Kier alpha value is -3.97. The van der Waals surface area contributed by atoms with Crippen molar-refractivity contribution in [1.82, 2.24) is 19.7 Å². The average Bonchev–Trinajstić information content (AvgIpc) is 3.88. The van der Waals surface area contributed by atoms with Gasteiger partial charge in [-0.25, -0.2) is 4.79 Å². The van der Waals surface area contributed by atoms with Gasteiger partial charge in [0.25, 0.3) is 0 Å². The third-order valence-electron chi connectivity index (χ3n) is 16.0. The zero-order valence-electron chi connectivity index (χ0n) is 36.3. The van der Waals surface area contributed by atoms with E-state index in [1.165, 1.54) is 26.7 Å². The number of ether oxygens (including phenoxy) is 5. The SMILES string of the molecule is CCC1=C[C@H]2CN(C1)Cc1c([nH]c3ccc(C)cc13)[C@@](C(=O)OC)(C1C=C3C(=CC1OC)N(C)[C@@H]1[C@]34CCN3CC[C@H](CC)C([C@H]34)[C@@H](OC(C)=O)[C@]1(OC)C(=O)OC)C2. The lowest BCUT2D eigenvalue weighted by molar-refractivity contribution is -0.245. The summed E-state index contributed by atoms with van der Waals surface area (Å²) < 4.78 is 31.2. The van der Waals surface area contributed by atoms with E-state index in [2.05, 4.69) is 76.9 Å². The maximum atomic E-state index is 15.3. The molecule has 1 saturated carbocycles. The first-order valence-electron chi connectivity index (χ1n) is 21.7. The Kier molecular flexibility index (Phi) is 10.0. The molecule has 1 aromatic heterocycles.